The van der Waals surface area contributed by atoms with Crippen molar-refractivity contribution >= 4 is 23.3 Å². The number of benzene rings is 1. The molecule has 2 aromatic rings. The number of aromatic nitrogens is 1. The average Bonchev–Trinajstić information content (AvgIpc) is 2.62. The Morgan fingerprint density at radius 1 is 1.24 bits per heavy atom. The Bertz CT molecular complexity index is 940. The monoisotopic (exact) mass is 407 g/mol. The lowest BCUT2D eigenvalue weighted by atomic mass is 10.0. The van der Waals surface area contributed by atoms with Crippen molar-refractivity contribution in [2.24, 2.45) is 0 Å². The van der Waals surface area contributed by atoms with Crippen LogP contribution in [-0.2, 0) is 15.8 Å². The maximum Gasteiger partial charge on any atom is 0.417 e. The van der Waals surface area contributed by atoms with Gasteiger partial charge in [-0.2, -0.15) is 13.2 Å². The summed E-state index contributed by atoms with van der Waals surface area (Å²) in [5.41, 5.74) is -0.463. The lowest BCUT2D eigenvalue weighted by molar-refractivity contribution is -0.137. The molecule has 0 radical (unpaired) electrons. The standard InChI is InChI=1S/C20H20F3N3O3/c1-12-4-6-15-14(10-12)26(18(28)19(2,3)29-15)9-8-17(27)25-16-7-5-13(11-24-16)20(21,22)23/h4-7,10-11H,8-9H2,1-3H3,(H,24,25,27). The predicted molar refractivity (Wildman–Crippen MR) is 101 cm³/mol. The minimum Gasteiger partial charge on any atom is -0.476 e. The Balaban J connectivity index is 1.69. The summed E-state index contributed by atoms with van der Waals surface area (Å²) in [4.78, 5) is 30.1. The van der Waals surface area contributed by atoms with E-state index < -0.39 is 23.2 Å². The van der Waals surface area contributed by atoms with Crippen LogP contribution in [0.25, 0.3) is 0 Å². The van der Waals surface area contributed by atoms with Crippen LogP contribution in [0.3, 0.4) is 0 Å². The van der Waals surface area contributed by atoms with Crippen LogP contribution >= 0.6 is 0 Å². The van der Waals surface area contributed by atoms with Gasteiger partial charge in [0.05, 0.1) is 11.3 Å². The summed E-state index contributed by atoms with van der Waals surface area (Å²) in [5.74, 6) is -0.197. The van der Waals surface area contributed by atoms with Crippen LogP contribution in [0.2, 0.25) is 0 Å². The molecule has 0 spiro atoms. The predicted octanol–water partition coefficient (Wildman–Crippen LogP) is 3.94. The van der Waals surface area contributed by atoms with E-state index in [1.54, 1.807) is 26.0 Å². The maximum atomic E-state index is 12.8. The molecule has 0 unspecified atom stereocenters. The molecule has 0 saturated carbocycles. The smallest absolute Gasteiger partial charge is 0.417 e. The summed E-state index contributed by atoms with van der Waals surface area (Å²) in [7, 11) is 0. The topological polar surface area (TPSA) is 71.5 Å². The van der Waals surface area contributed by atoms with Crippen molar-refractivity contribution < 1.29 is 27.5 Å². The van der Waals surface area contributed by atoms with Crippen molar-refractivity contribution in [2.45, 2.75) is 39.0 Å². The summed E-state index contributed by atoms with van der Waals surface area (Å²) in [6.07, 6.45) is -3.90. The molecule has 1 aliphatic rings. The molecule has 0 saturated heterocycles. The lowest BCUT2D eigenvalue weighted by Gasteiger charge is -2.38. The molecule has 3 rings (SSSR count). The van der Waals surface area contributed by atoms with Gasteiger partial charge >= 0.3 is 6.18 Å². The number of nitrogens with zero attached hydrogens (tertiary/aromatic N) is 2. The van der Waals surface area contributed by atoms with Crippen LogP contribution in [0.4, 0.5) is 24.7 Å². The molecular weight excluding hydrogens is 387 g/mol. The molecule has 0 fully saturated rings. The van der Waals surface area contributed by atoms with Gasteiger partial charge in [-0.25, -0.2) is 4.98 Å². The van der Waals surface area contributed by atoms with E-state index in [0.717, 1.165) is 17.7 Å². The number of hydrogen-bond donors (Lipinski definition) is 1. The quantitative estimate of drug-likeness (QED) is 0.833. The van der Waals surface area contributed by atoms with Crippen LogP contribution in [0, 0.1) is 6.92 Å². The largest absolute Gasteiger partial charge is 0.476 e. The van der Waals surface area contributed by atoms with E-state index in [0.29, 0.717) is 17.6 Å². The fourth-order valence-corrected chi connectivity index (χ4v) is 2.95. The Morgan fingerprint density at radius 3 is 2.59 bits per heavy atom. The number of pyridine rings is 1. The number of aryl methyl sites for hydroxylation is 1. The van der Waals surface area contributed by atoms with Crippen LogP contribution < -0.4 is 15.0 Å². The summed E-state index contributed by atoms with van der Waals surface area (Å²) < 4.78 is 43.5. The SMILES string of the molecule is Cc1ccc2c(c1)N(CCC(=O)Nc1ccc(C(F)(F)F)cn1)C(=O)C(C)(C)O2. The first-order valence-electron chi connectivity index (χ1n) is 8.92. The van der Waals surface area contributed by atoms with Gasteiger partial charge in [0.1, 0.15) is 11.6 Å². The Hall–Kier alpha value is -3.10. The van der Waals surface area contributed by atoms with E-state index in [1.165, 1.54) is 4.90 Å². The van der Waals surface area contributed by atoms with Crippen molar-refractivity contribution in [2.75, 3.05) is 16.8 Å². The highest BCUT2D eigenvalue weighted by atomic mass is 19.4. The van der Waals surface area contributed by atoms with Gasteiger partial charge < -0.3 is 15.0 Å². The van der Waals surface area contributed by atoms with Gasteiger partial charge in [0.15, 0.2) is 5.60 Å². The van der Waals surface area contributed by atoms with Crippen molar-refractivity contribution in [3.8, 4) is 5.75 Å². The molecule has 0 atom stereocenters. The zero-order chi connectivity index (χ0) is 21.4. The van der Waals surface area contributed by atoms with Crippen molar-refractivity contribution in [1.82, 2.24) is 4.98 Å². The molecule has 0 bridgehead atoms. The van der Waals surface area contributed by atoms with E-state index in [1.807, 2.05) is 13.0 Å². The Morgan fingerprint density at radius 2 is 1.97 bits per heavy atom. The second-order valence-corrected chi connectivity index (χ2v) is 7.27. The summed E-state index contributed by atoms with van der Waals surface area (Å²) in [6, 6.07) is 7.37. The van der Waals surface area contributed by atoms with E-state index in [9.17, 15) is 22.8 Å². The second kappa shape index (κ2) is 7.38. The Kier molecular flexibility index (Phi) is 5.25. The number of nitrogens with one attached hydrogen (secondary N) is 1. The highest BCUT2D eigenvalue weighted by Gasteiger charge is 2.40. The number of fused-ring (bicyclic) bond motifs is 1. The molecule has 1 aliphatic heterocycles. The number of rotatable bonds is 4. The normalized spacial score (nSPS) is 15.5. The zero-order valence-corrected chi connectivity index (χ0v) is 16.1. The minimum absolute atomic E-state index is 0.00729. The molecule has 9 heteroatoms. The molecule has 29 heavy (non-hydrogen) atoms. The first-order chi connectivity index (χ1) is 13.5. The molecular formula is C20H20F3N3O3. The summed E-state index contributed by atoms with van der Waals surface area (Å²) >= 11 is 0. The number of amides is 2. The van der Waals surface area contributed by atoms with Crippen LogP contribution in [0.15, 0.2) is 36.5 Å². The Labute approximate surface area is 165 Å². The van der Waals surface area contributed by atoms with E-state index in [4.69, 9.17) is 4.74 Å². The average molecular weight is 407 g/mol. The van der Waals surface area contributed by atoms with E-state index in [2.05, 4.69) is 10.3 Å². The molecule has 0 aliphatic carbocycles. The van der Waals surface area contributed by atoms with Crippen LogP contribution in [0.5, 0.6) is 5.75 Å². The highest BCUT2D eigenvalue weighted by Crippen LogP contribution is 2.38. The molecule has 1 aromatic heterocycles. The number of halogens is 3. The molecule has 6 nitrogen and oxygen atoms in total. The molecule has 1 N–H and O–H groups in total. The third-order valence-corrected chi connectivity index (χ3v) is 4.45. The first-order valence-corrected chi connectivity index (χ1v) is 8.92. The molecule has 1 aromatic carbocycles. The van der Waals surface area contributed by atoms with Crippen molar-refractivity contribution in [3.63, 3.8) is 0 Å². The molecule has 154 valence electrons. The van der Waals surface area contributed by atoms with Crippen molar-refractivity contribution in [1.29, 1.82) is 0 Å². The summed E-state index contributed by atoms with van der Waals surface area (Å²) in [6.45, 7) is 5.27. The van der Waals surface area contributed by atoms with Crippen LogP contribution in [0.1, 0.15) is 31.4 Å². The highest BCUT2D eigenvalue weighted by molar-refractivity contribution is 6.03. The molecule has 2 amide bonds. The van der Waals surface area contributed by atoms with Crippen LogP contribution in [-0.4, -0.2) is 28.9 Å². The maximum absolute atomic E-state index is 12.8. The minimum atomic E-state index is -4.50. The van der Waals surface area contributed by atoms with Crippen molar-refractivity contribution in [3.05, 3.63) is 47.7 Å². The molecule has 2 heterocycles. The second-order valence-electron chi connectivity index (χ2n) is 7.27. The van der Waals surface area contributed by atoms with Gasteiger partial charge in [0.2, 0.25) is 5.91 Å². The third-order valence-electron chi connectivity index (χ3n) is 4.45. The fourth-order valence-electron chi connectivity index (χ4n) is 2.95. The van der Waals surface area contributed by atoms with Gasteiger partial charge in [-0.3, -0.25) is 9.59 Å². The number of ether oxygens (including phenoxy) is 1. The summed E-state index contributed by atoms with van der Waals surface area (Å²) in [5, 5.41) is 2.44. The van der Waals surface area contributed by atoms with Gasteiger partial charge in [-0.15, -0.1) is 0 Å². The number of carbonyl (C=O) groups excluding carboxylic acids is 2. The third kappa shape index (κ3) is 4.49. The van der Waals surface area contributed by atoms with Gasteiger partial charge in [-0.1, -0.05) is 6.07 Å². The van der Waals surface area contributed by atoms with Gasteiger partial charge in [0, 0.05) is 19.2 Å². The lowest BCUT2D eigenvalue weighted by Crippen LogP contribution is -2.53. The first kappa shape index (κ1) is 20.6. The van der Waals surface area contributed by atoms with E-state index >= 15 is 0 Å². The van der Waals surface area contributed by atoms with E-state index in [-0.39, 0.29) is 24.7 Å². The van der Waals surface area contributed by atoms with Gasteiger partial charge in [0.25, 0.3) is 5.91 Å². The number of anilines is 2. The number of hydrogen-bond acceptors (Lipinski definition) is 4. The zero-order valence-electron chi connectivity index (χ0n) is 16.1. The number of carbonyl (C=O) groups is 2. The number of alkyl halides is 3. The van der Waals surface area contributed by atoms with Gasteiger partial charge in [-0.05, 0) is 50.6 Å². The fraction of sp³-hybridized carbons (Fsp3) is 0.350.